The number of hydrogen-bond acceptors (Lipinski definition) is 5. The van der Waals surface area contributed by atoms with Crippen LogP contribution in [0.4, 0.5) is 0 Å². The Labute approximate surface area is 195 Å². The third kappa shape index (κ3) is 14.2. The van der Waals surface area contributed by atoms with Crippen molar-refractivity contribution >= 4 is 23.5 Å². The van der Waals surface area contributed by atoms with Crippen molar-refractivity contribution in [1.29, 1.82) is 0 Å². The van der Waals surface area contributed by atoms with E-state index in [0.717, 1.165) is 25.2 Å². The highest BCUT2D eigenvalue weighted by molar-refractivity contribution is 6.37. The maximum atomic E-state index is 12.3. The Morgan fingerprint density at radius 1 is 1.00 bits per heavy atom. The van der Waals surface area contributed by atoms with Crippen molar-refractivity contribution in [2.45, 2.75) is 86.6 Å². The molecule has 0 aliphatic heterocycles. The van der Waals surface area contributed by atoms with Crippen LogP contribution in [-0.2, 0) is 19.2 Å². The van der Waals surface area contributed by atoms with Gasteiger partial charge in [0.05, 0.1) is 12.6 Å². The number of nitrogens with one attached hydrogen (secondary N) is 1. The van der Waals surface area contributed by atoms with Gasteiger partial charge >= 0.3 is 0 Å². The number of carbonyl (C=O) groups is 4. The zero-order valence-corrected chi connectivity index (χ0v) is 21.6. The normalized spacial score (nSPS) is 15.6. The summed E-state index contributed by atoms with van der Waals surface area (Å²) in [7, 11) is 1.68. The lowest BCUT2D eigenvalue weighted by atomic mass is 9.80. The number of hydrogen-bond donors (Lipinski definition) is 3. The number of Topliss-reactive ketones (excluding diaryl/α,β-unsaturated/α-hetero) is 1. The van der Waals surface area contributed by atoms with Gasteiger partial charge in [-0.2, -0.15) is 0 Å². The summed E-state index contributed by atoms with van der Waals surface area (Å²) in [4.78, 5) is 48.7. The van der Waals surface area contributed by atoms with E-state index in [-0.39, 0.29) is 36.6 Å². The van der Waals surface area contributed by atoms with E-state index in [1.807, 2.05) is 27.7 Å². The summed E-state index contributed by atoms with van der Waals surface area (Å²) in [6.45, 7) is 14.8. The molecule has 0 radical (unpaired) electrons. The van der Waals surface area contributed by atoms with Gasteiger partial charge in [0.25, 0.3) is 5.91 Å². The number of primary amides is 1. The topological polar surface area (TPSA) is 136 Å². The minimum absolute atomic E-state index is 0.00365. The predicted molar refractivity (Wildman–Crippen MR) is 130 cm³/mol. The lowest BCUT2D eigenvalue weighted by Crippen LogP contribution is -2.48. The summed E-state index contributed by atoms with van der Waals surface area (Å²) in [6.07, 6.45) is 3.80. The quantitative estimate of drug-likeness (QED) is 0.410. The van der Waals surface area contributed by atoms with Crippen molar-refractivity contribution in [1.82, 2.24) is 10.2 Å². The highest BCUT2D eigenvalue weighted by atomic mass is 16.2. The second-order valence-electron chi connectivity index (χ2n) is 9.25. The van der Waals surface area contributed by atoms with E-state index in [2.05, 4.69) is 26.1 Å². The van der Waals surface area contributed by atoms with Crippen LogP contribution in [0.15, 0.2) is 0 Å². The Hall–Kier alpha value is -1.96. The SMILES string of the molecule is CC.CC(C)C.CC(CC(=O)NC(CC1CCC1)C(=O)C(N)=O)C(C)CN(C)C(=O)CN. The maximum Gasteiger partial charge on any atom is 0.287 e. The molecular formula is C24H48N4O4. The maximum absolute atomic E-state index is 12.3. The molecule has 0 aromatic carbocycles. The van der Waals surface area contributed by atoms with E-state index in [1.54, 1.807) is 11.9 Å². The Morgan fingerprint density at radius 3 is 1.88 bits per heavy atom. The molecule has 8 nitrogen and oxygen atoms in total. The van der Waals surface area contributed by atoms with Crippen LogP contribution < -0.4 is 16.8 Å². The zero-order chi connectivity index (χ0) is 25.4. The second-order valence-corrected chi connectivity index (χ2v) is 9.25. The zero-order valence-electron chi connectivity index (χ0n) is 21.6. The van der Waals surface area contributed by atoms with Crippen LogP contribution in [-0.4, -0.2) is 54.6 Å². The van der Waals surface area contributed by atoms with Gasteiger partial charge in [0, 0.05) is 20.0 Å². The molecule has 0 aromatic rings. The molecule has 0 spiro atoms. The van der Waals surface area contributed by atoms with Gasteiger partial charge in [-0.05, 0) is 30.1 Å². The van der Waals surface area contributed by atoms with Crippen molar-refractivity contribution in [3.05, 3.63) is 0 Å². The highest BCUT2D eigenvalue weighted by Gasteiger charge is 2.31. The van der Waals surface area contributed by atoms with Crippen LogP contribution >= 0.6 is 0 Å². The standard InChI is InChI=1S/C18H32N4O4.C4H10.C2H6/c1-11(12(2)10-22(3)16(24)9-19)7-15(23)21-14(17(25)18(20)26)8-13-5-4-6-13;1-4(2)3;1-2/h11-14H,4-10,19H2,1-3H3,(H2,20,26)(H,21,23);4H,1-3H3;1-2H3. The van der Waals surface area contributed by atoms with Crippen molar-refractivity contribution in [3.8, 4) is 0 Å². The Bertz CT molecular complexity index is 574. The molecule has 0 aromatic heterocycles. The van der Waals surface area contributed by atoms with Gasteiger partial charge < -0.3 is 21.7 Å². The lowest BCUT2D eigenvalue weighted by molar-refractivity contribution is -0.138. The summed E-state index contributed by atoms with van der Waals surface area (Å²) in [5, 5.41) is 2.68. The van der Waals surface area contributed by atoms with Gasteiger partial charge in [-0.1, -0.05) is 67.7 Å². The average molecular weight is 457 g/mol. The average Bonchev–Trinajstić information content (AvgIpc) is 2.69. The smallest absolute Gasteiger partial charge is 0.287 e. The summed E-state index contributed by atoms with van der Waals surface area (Å²) >= 11 is 0. The third-order valence-electron chi connectivity index (χ3n) is 5.33. The van der Waals surface area contributed by atoms with Gasteiger partial charge in [-0.3, -0.25) is 19.2 Å². The molecule has 3 atom stereocenters. The molecule has 1 rings (SSSR count). The van der Waals surface area contributed by atoms with Crippen LogP contribution in [0.2, 0.25) is 0 Å². The molecule has 1 saturated carbocycles. The van der Waals surface area contributed by atoms with E-state index in [0.29, 0.717) is 18.9 Å². The lowest BCUT2D eigenvalue weighted by Gasteiger charge is -2.29. The highest BCUT2D eigenvalue weighted by Crippen LogP contribution is 2.30. The van der Waals surface area contributed by atoms with Gasteiger partial charge in [-0.15, -0.1) is 0 Å². The Morgan fingerprint density at radius 2 is 1.50 bits per heavy atom. The van der Waals surface area contributed by atoms with Crippen LogP contribution in [0.1, 0.15) is 80.6 Å². The monoisotopic (exact) mass is 456 g/mol. The first-order valence-electron chi connectivity index (χ1n) is 12.0. The summed E-state index contributed by atoms with van der Waals surface area (Å²) < 4.78 is 0. The molecule has 8 heteroatoms. The number of rotatable bonds is 11. The Balaban J connectivity index is 0. The van der Waals surface area contributed by atoms with E-state index < -0.39 is 17.7 Å². The number of carbonyl (C=O) groups excluding carboxylic acids is 4. The van der Waals surface area contributed by atoms with E-state index >= 15 is 0 Å². The van der Waals surface area contributed by atoms with E-state index in [9.17, 15) is 19.2 Å². The number of nitrogens with zero attached hydrogens (tertiary/aromatic N) is 1. The van der Waals surface area contributed by atoms with Crippen LogP contribution in [0.5, 0.6) is 0 Å². The van der Waals surface area contributed by atoms with Crippen molar-refractivity contribution in [3.63, 3.8) is 0 Å². The first-order valence-corrected chi connectivity index (χ1v) is 12.0. The minimum atomic E-state index is -1.02. The molecule has 188 valence electrons. The molecular weight excluding hydrogens is 408 g/mol. The molecule has 0 heterocycles. The minimum Gasteiger partial charge on any atom is -0.363 e. The molecule has 1 aliphatic rings. The van der Waals surface area contributed by atoms with Crippen LogP contribution in [0, 0.1) is 23.7 Å². The van der Waals surface area contributed by atoms with Gasteiger partial charge in [0.1, 0.15) is 0 Å². The van der Waals surface area contributed by atoms with E-state index in [4.69, 9.17) is 11.5 Å². The van der Waals surface area contributed by atoms with Gasteiger partial charge in [0.2, 0.25) is 17.6 Å². The van der Waals surface area contributed by atoms with Crippen molar-refractivity contribution < 1.29 is 19.2 Å². The molecule has 0 saturated heterocycles. The van der Waals surface area contributed by atoms with E-state index in [1.165, 1.54) is 0 Å². The molecule has 5 N–H and O–H groups in total. The first-order chi connectivity index (χ1) is 14.9. The number of ketones is 1. The van der Waals surface area contributed by atoms with Crippen LogP contribution in [0.3, 0.4) is 0 Å². The van der Waals surface area contributed by atoms with Crippen LogP contribution in [0.25, 0.3) is 0 Å². The molecule has 3 unspecified atom stereocenters. The number of likely N-dealkylation sites (N-methyl/N-ethyl adjacent to an activating group) is 1. The molecule has 1 fully saturated rings. The Kier molecular flexibility index (Phi) is 17.7. The van der Waals surface area contributed by atoms with Gasteiger partial charge in [0.15, 0.2) is 0 Å². The number of nitrogens with two attached hydrogens (primary N) is 2. The largest absolute Gasteiger partial charge is 0.363 e. The molecule has 0 bridgehead atoms. The third-order valence-corrected chi connectivity index (χ3v) is 5.33. The summed E-state index contributed by atoms with van der Waals surface area (Å²) in [5.41, 5.74) is 10.5. The van der Waals surface area contributed by atoms with Crippen molar-refractivity contribution in [2.24, 2.45) is 35.1 Å². The fourth-order valence-electron chi connectivity index (χ4n) is 3.08. The predicted octanol–water partition coefficient (Wildman–Crippen LogP) is 2.48. The summed E-state index contributed by atoms with van der Waals surface area (Å²) in [5.74, 6) is -0.917. The fourth-order valence-corrected chi connectivity index (χ4v) is 3.08. The molecule has 32 heavy (non-hydrogen) atoms. The van der Waals surface area contributed by atoms with Gasteiger partial charge in [-0.25, -0.2) is 0 Å². The second kappa shape index (κ2) is 17.6. The van der Waals surface area contributed by atoms with Crippen molar-refractivity contribution in [2.75, 3.05) is 20.1 Å². The number of amides is 3. The summed E-state index contributed by atoms with van der Waals surface area (Å²) in [6, 6.07) is -0.839. The molecule has 3 amide bonds. The first kappa shape index (κ1) is 32.2. The molecule has 1 aliphatic carbocycles. The fraction of sp³-hybridized carbons (Fsp3) is 0.833.